The first-order chi connectivity index (χ1) is 16.5. The maximum Gasteiger partial charge on any atom is 0.229 e. The van der Waals surface area contributed by atoms with E-state index in [-0.39, 0.29) is 5.11 Å². The van der Waals surface area contributed by atoms with Crippen molar-refractivity contribution in [3.8, 4) is 5.75 Å². The number of fused-ring (bicyclic) bond motifs is 1. The minimum Gasteiger partial charge on any atom is -0.494 e. The van der Waals surface area contributed by atoms with Gasteiger partial charge in [0.05, 0.1) is 24.0 Å². The van der Waals surface area contributed by atoms with Crippen LogP contribution in [0.2, 0.25) is 0 Å². The Kier molecular flexibility index (Phi) is 7.24. The molecule has 8 nitrogen and oxygen atoms in total. The lowest BCUT2D eigenvalue weighted by molar-refractivity contribution is 0.340. The molecule has 0 bridgehead atoms. The number of ether oxygens (including phenoxy) is 1. The molecule has 0 saturated heterocycles. The molecule has 172 valence electrons. The quantitative estimate of drug-likeness (QED) is 0.205. The Labute approximate surface area is 203 Å². The highest BCUT2D eigenvalue weighted by atomic mass is 32.1. The van der Waals surface area contributed by atoms with Crippen LogP contribution >= 0.6 is 12.2 Å². The highest BCUT2D eigenvalue weighted by Crippen LogP contribution is 2.18. The average Bonchev–Trinajstić information content (AvgIpc) is 2.80. The number of thiocarbonyl (C=S) groups is 1. The molecule has 9 heteroatoms. The Bertz CT molecular complexity index is 1320. The molecule has 0 saturated carbocycles. The van der Waals surface area contributed by atoms with Gasteiger partial charge in [-0.25, -0.2) is 9.97 Å². The van der Waals surface area contributed by atoms with Gasteiger partial charge in [0.15, 0.2) is 0 Å². The molecule has 4 rings (SSSR count). The van der Waals surface area contributed by atoms with Crippen molar-refractivity contribution in [2.24, 2.45) is 4.99 Å². The summed E-state index contributed by atoms with van der Waals surface area (Å²) in [7, 11) is 0. The zero-order chi connectivity index (χ0) is 23.9. The van der Waals surface area contributed by atoms with Crippen LogP contribution in [0.25, 0.3) is 10.9 Å². The van der Waals surface area contributed by atoms with Crippen LogP contribution in [0.15, 0.2) is 71.9 Å². The Morgan fingerprint density at radius 3 is 2.38 bits per heavy atom. The van der Waals surface area contributed by atoms with Gasteiger partial charge in [-0.15, -0.1) is 0 Å². The molecule has 0 fully saturated rings. The first-order valence-corrected chi connectivity index (χ1v) is 11.2. The molecule has 3 N–H and O–H groups in total. The van der Waals surface area contributed by atoms with E-state index in [0.717, 1.165) is 39.4 Å². The van der Waals surface area contributed by atoms with Crippen LogP contribution in [-0.2, 0) is 0 Å². The number of nitrogens with one attached hydrogen (secondary N) is 3. The van der Waals surface area contributed by atoms with Crippen molar-refractivity contribution in [2.45, 2.75) is 20.8 Å². The van der Waals surface area contributed by atoms with Gasteiger partial charge in [-0.3, -0.25) is 10.3 Å². The molecule has 2 aromatic heterocycles. The number of aromatic nitrogens is 3. The second kappa shape index (κ2) is 10.7. The number of aryl methyl sites for hydroxylation is 2. The summed E-state index contributed by atoms with van der Waals surface area (Å²) in [6.45, 7) is 6.38. The van der Waals surface area contributed by atoms with Crippen molar-refractivity contribution in [3.63, 3.8) is 0 Å². The Hall–Kier alpha value is -4.11. The smallest absolute Gasteiger partial charge is 0.229 e. The van der Waals surface area contributed by atoms with Crippen molar-refractivity contribution in [2.75, 3.05) is 22.6 Å². The van der Waals surface area contributed by atoms with E-state index in [9.17, 15) is 0 Å². The number of anilines is 3. The van der Waals surface area contributed by atoms with E-state index in [1.54, 1.807) is 6.20 Å². The number of aliphatic imine (C=N–C) groups is 1. The van der Waals surface area contributed by atoms with Crippen LogP contribution in [0, 0.1) is 13.8 Å². The van der Waals surface area contributed by atoms with Crippen LogP contribution < -0.4 is 20.7 Å². The second-order valence-electron chi connectivity index (χ2n) is 7.49. The first-order valence-electron chi connectivity index (χ1n) is 10.8. The number of nitrogens with zero attached hydrogens (tertiary/aromatic N) is 4. The lowest BCUT2D eigenvalue weighted by Gasteiger charge is -2.13. The summed E-state index contributed by atoms with van der Waals surface area (Å²) in [6, 6.07) is 19.3. The van der Waals surface area contributed by atoms with Gasteiger partial charge in [0, 0.05) is 22.5 Å². The van der Waals surface area contributed by atoms with E-state index in [4.69, 9.17) is 17.0 Å². The van der Waals surface area contributed by atoms with Crippen molar-refractivity contribution in [3.05, 3.63) is 78.2 Å². The molecule has 0 aliphatic heterocycles. The molecule has 2 heterocycles. The van der Waals surface area contributed by atoms with Gasteiger partial charge in [0.25, 0.3) is 0 Å². The standard InChI is InChI=1S/C25H25N7OS/c1-4-33-21-11-9-19(10-12-21)30-25(34)32-24(31-23-27-16(2)13-17(3)28-23)29-20-14-18-7-5-6-8-22(18)26-15-20/h5-15H,4H2,1-3H3,(H3,27,28,29,30,31,32,34). The van der Waals surface area contributed by atoms with Crippen LogP contribution in [0.1, 0.15) is 18.3 Å². The normalized spacial score (nSPS) is 11.2. The first kappa shape index (κ1) is 23.1. The van der Waals surface area contributed by atoms with Crippen molar-refractivity contribution in [1.82, 2.24) is 15.0 Å². The summed E-state index contributed by atoms with van der Waals surface area (Å²) in [6.07, 6.45) is 1.74. The number of para-hydroxylation sites is 1. The van der Waals surface area contributed by atoms with Crippen LogP contribution in [0.3, 0.4) is 0 Å². The van der Waals surface area contributed by atoms with Crippen LogP contribution in [0.5, 0.6) is 5.75 Å². The van der Waals surface area contributed by atoms with E-state index in [0.29, 0.717) is 18.5 Å². The maximum atomic E-state index is 5.49. The summed E-state index contributed by atoms with van der Waals surface area (Å²) in [5.41, 5.74) is 4.14. The van der Waals surface area contributed by atoms with Gasteiger partial charge < -0.3 is 15.4 Å². The van der Waals surface area contributed by atoms with Crippen molar-refractivity contribution < 1.29 is 4.74 Å². The molecule has 0 aliphatic carbocycles. The molecule has 0 amide bonds. The Morgan fingerprint density at radius 2 is 1.65 bits per heavy atom. The molecular formula is C25H25N7OS. The molecule has 34 heavy (non-hydrogen) atoms. The van der Waals surface area contributed by atoms with E-state index < -0.39 is 0 Å². The van der Waals surface area contributed by atoms with E-state index in [2.05, 4.69) is 35.9 Å². The highest BCUT2D eigenvalue weighted by Gasteiger charge is 2.08. The third-order valence-electron chi connectivity index (χ3n) is 4.70. The van der Waals surface area contributed by atoms with Gasteiger partial charge in [0.2, 0.25) is 17.0 Å². The van der Waals surface area contributed by atoms with E-state index in [1.165, 1.54) is 0 Å². The molecule has 0 unspecified atom stereocenters. The van der Waals surface area contributed by atoms with Crippen molar-refractivity contribution >= 4 is 51.5 Å². The Morgan fingerprint density at radius 1 is 0.912 bits per heavy atom. The zero-order valence-electron chi connectivity index (χ0n) is 19.2. The summed E-state index contributed by atoms with van der Waals surface area (Å²) < 4.78 is 5.48. The van der Waals surface area contributed by atoms with Crippen molar-refractivity contribution in [1.29, 1.82) is 0 Å². The summed E-state index contributed by atoms with van der Waals surface area (Å²) in [5, 5.41) is 10.8. The molecule has 0 aliphatic rings. The number of hydrogen-bond acceptors (Lipinski definition) is 5. The Balaban J connectivity index is 1.58. The highest BCUT2D eigenvalue weighted by molar-refractivity contribution is 7.80. The molecule has 2 aromatic carbocycles. The van der Waals surface area contributed by atoms with E-state index in [1.807, 2.05) is 81.4 Å². The molecule has 0 radical (unpaired) electrons. The third-order valence-corrected chi connectivity index (χ3v) is 4.89. The fourth-order valence-corrected chi connectivity index (χ4v) is 3.51. The topological polar surface area (TPSA) is 96.3 Å². The van der Waals surface area contributed by atoms with Gasteiger partial charge >= 0.3 is 0 Å². The minimum atomic E-state index is 0.261. The SMILES string of the molecule is CCOc1ccc(NC(=S)/N=C(/Nc2cnc3ccccc3c2)Nc2nc(C)cc(C)n2)cc1. The monoisotopic (exact) mass is 471 g/mol. The number of benzene rings is 2. The molecular weight excluding hydrogens is 446 g/mol. The minimum absolute atomic E-state index is 0.261. The molecule has 0 spiro atoms. The lowest BCUT2D eigenvalue weighted by Crippen LogP contribution is -2.26. The van der Waals surface area contributed by atoms with Crippen LogP contribution in [-0.4, -0.2) is 32.6 Å². The predicted octanol–water partition coefficient (Wildman–Crippen LogP) is 5.32. The molecule has 4 aromatic rings. The van der Waals surface area contributed by atoms with Gasteiger partial charge in [-0.05, 0) is 75.5 Å². The maximum absolute atomic E-state index is 5.49. The average molecular weight is 472 g/mol. The summed E-state index contributed by atoms with van der Waals surface area (Å²) in [5.74, 6) is 1.58. The van der Waals surface area contributed by atoms with Gasteiger partial charge in [0.1, 0.15) is 5.75 Å². The summed E-state index contributed by atoms with van der Waals surface area (Å²) in [4.78, 5) is 17.9. The summed E-state index contributed by atoms with van der Waals surface area (Å²) >= 11 is 5.49. The number of pyridine rings is 1. The fourth-order valence-electron chi connectivity index (χ4n) is 3.31. The zero-order valence-corrected chi connectivity index (χ0v) is 20.0. The predicted molar refractivity (Wildman–Crippen MR) is 142 cm³/mol. The van der Waals surface area contributed by atoms with Gasteiger partial charge in [-0.2, -0.15) is 4.99 Å². The second-order valence-corrected chi connectivity index (χ2v) is 7.88. The number of rotatable bonds is 5. The lowest BCUT2D eigenvalue weighted by atomic mass is 10.2. The largest absolute Gasteiger partial charge is 0.494 e. The third kappa shape index (κ3) is 6.23. The fraction of sp³-hybridized carbons (Fsp3) is 0.160. The van der Waals surface area contributed by atoms with Crippen LogP contribution in [0.4, 0.5) is 17.3 Å². The molecule has 0 atom stereocenters. The number of guanidine groups is 1. The van der Waals surface area contributed by atoms with Gasteiger partial charge in [-0.1, -0.05) is 18.2 Å². The van der Waals surface area contributed by atoms with E-state index >= 15 is 0 Å². The number of hydrogen-bond donors (Lipinski definition) is 3.